The van der Waals surface area contributed by atoms with Gasteiger partial charge in [-0.15, -0.1) is 0 Å². The molecule has 0 unspecified atom stereocenters. The van der Waals surface area contributed by atoms with Crippen LogP contribution in [0.15, 0.2) is 108 Å². The first-order valence-corrected chi connectivity index (χ1v) is 17.1. The van der Waals surface area contributed by atoms with E-state index >= 15 is 0 Å². The Morgan fingerprint density at radius 3 is 1.79 bits per heavy atom. The molecular formula is C45H38BNO. The number of aryl methyl sites for hydroxylation is 5. The zero-order chi connectivity index (χ0) is 33.2. The van der Waals surface area contributed by atoms with Crippen LogP contribution in [0.2, 0.25) is 0 Å². The van der Waals surface area contributed by atoms with Crippen molar-refractivity contribution in [1.29, 1.82) is 0 Å². The standard InChI is InChI=1S/C45H38BNO/c1-25-17-28(4)40(29(5)18-25)46-38-21-26(2)19-34-42(38)47-41-35(44(34)48)23-33(32-15-13-31(14-16-32)30-11-9-8-10-12-30)24-37(41)45(6,7)36-20-27(3)22-39(46)43(36)47/h8-24H,1-7H3. The van der Waals surface area contributed by atoms with E-state index in [9.17, 15) is 4.79 Å². The highest BCUT2D eigenvalue weighted by molar-refractivity contribution is 6.98. The molecule has 6 aromatic carbocycles. The molecule has 7 aromatic rings. The van der Waals surface area contributed by atoms with Crippen LogP contribution in [0.4, 0.5) is 0 Å². The van der Waals surface area contributed by atoms with Crippen LogP contribution >= 0.6 is 0 Å². The van der Waals surface area contributed by atoms with Gasteiger partial charge >= 0.3 is 0 Å². The predicted molar refractivity (Wildman–Crippen MR) is 205 cm³/mol. The molecule has 3 heteroatoms. The van der Waals surface area contributed by atoms with Crippen LogP contribution in [0, 0.1) is 34.6 Å². The van der Waals surface area contributed by atoms with Gasteiger partial charge in [0.1, 0.15) is 0 Å². The van der Waals surface area contributed by atoms with Crippen LogP contribution in [0.1, 0.15) is 52.8 Å². The van der Waals surface area contributed by atoms with E-state index in [0.717, 1.165) is 38.5 Å². The van der Waals surface area contributed by atoms with E-state index in [-0.39, 0.29) is 17.6 Å². The molecule has 0 fully saturated rings. The van der Waals surface area contributed by atoms with E-state index < -0.39 is 0 Å². The van der Waals surface area contributed by atoms with Crippen molar-refractivity contribution in [3.63, 3.8) is 0 Å². The van der Waals surface area contributed by atoms with E-state index in [4.69, 9.17) is 0 Å². The molecule has 2 aliphatic heterocycles. The zero-order valence-electron chi connectivity index (χ0n) is 28.7. The molecular weight excluding hydrogens is 581 g/mol. The summed E-state index contributed by atoms with van der Waals surface area (Å²) < 4.78 is 2.48. The van der Waals surface area contributed by atoms with Crippen molar-refractivity contribution < 1.29 is 0 Å². The van der Waals surface area contributed by atoms with Gasteiger partial charge in [-0.2, -0.15) is 0 Å². The Hall–Kier alpha value is -5.15. The highest BCUT2D eigenvalue weighted by Crippen LogP contribution is 2.47. The Morgan fingerprint density at radius 1 is 0.542 bits per heavy atom. The number of hydrogen-bond acceptors (Lipinski definition) is 1. The van der Waals surface area contributed by atoms with Crippen molar-refractivity contribution in [1.82, 2.24) is 4.57 Å². The molecule has 9 rings (SSSR count). The molecule has 0 amide bonds. The topological polar surface area (TPSA) is 22.0 Å². The second-order valence-electron chi connectivity index (χ2n) is 14.9. The third-order valence-corrected chi connectivity index (χ3v) is 11.2. The smallest absolute Gasteiger partial charge is 0.247 e. The molecule has 0 spiro atoms. The maximum atomic E-state index is 14.9. The fraction of sp³-hybridized carbons (Fsp3) is 0.178. The summed E-state index contributed by atoms with van der Waals surface area (Å²) in [5, 5.41) is 1.61. The number of rotatable bonds is 3. The van der Waals surface area contributed by atoms with E-state index in [1.165, 1.54) is 66.6 Å². The first kappa shape index (κ1) is 29.0. The molecule has 0 aliphatic carbocycles. The minimum Gasteiger partial charge on any atom is -0.309 e. The van der Waals surface area contributed by atoms with Gasteiger partial charge in [-0.3, -0.25) is 4.79 Å². The van der Waals surface area contributed by atoms with Gasteiger partial charge in [-0.05, 0) is 97.1 Å². The Morgan fingerprint density at radius 2 is 1.10 bits per heavy atom. The average molecular weight is 620 g/mol. The molecule has 2 aliphatic rings. The van der Waals surface area contributed by atoms with Gasteiger partial charge in [0.15, 0.2) is 5.43 Å². The lowest BCUT2D eigenvalue weighted by molar-refractivity contribution is 0.630. The molecule has 1 aromatic heterocycles. The van der Waals surface area contributed by atoms with Crippen molar-refractivity contribution in [3.8, 4) is 27.9 Å². The van der Waals surface area contributed by atoms with Crippen LogP contribution in [-0.2, 0) is 5.41 Å². The van der Waals surface area contributed by atoms with Crippen molar-refractivity contribution in [2.45, 2.75) is 53.9 Å². The van der Waals surface area contributed by atoms with Crippen LogP contribution in [-0.4, -0.2) is 11.3 Å². The molecule has 0 saturated heterocycles. The van der Waals surface area contributed by atoms with E-state index in [1.54, 1.807) is 0 Å². The molecule has 0 atom stereocenters. The summed E-state index contributed by atoms with van der Waals surface area (Å²) in [5.74, 6) is 0. The van der Waals surface area contributed by atoms with Crippen molar-refractivity contribution in [2.75, 3.05) is 0 Å². The molecule has 0 N–H and O–H groups in total. The largest absolute Gasteiger partial charge is 0.309 e. The lowest BCUT2D eigenvalue weighted by Crippen LogP contribution is -2.59. The molecule has 0 bridgehead atoms. The van der Waals surface area contributed by atoms with E-state index in [1.807, 2.05) is 6.07 Å². The SMILES string of the molecule is Cc1cc(C)c(B2c3cc(C)cc4c3-n3c5c2cc(C)cc5c(=O)c2cc(-c5ccc(-c6ccccc6)cc5)cc(c23)C4(C)C)c(C)c1. The maximum absolute atomic E-state index is 14.9. The Balaban J connectivity index is 1.41. The van der Waals surface area contributed by atoms with Crippen LogP contribution in [0.5, 0.6) is 0 Å². The summed E-state index contributed by atoms with van der Waals surface area (Å²) in [7, 11) is 0. The Bertz CT molecular complexity index is 2570. The number of aromatic nitrogens is 1. The summed E-state index contributed by atoms with van der Waals surface area (Å²) in [4.78, 5) is 14.9. The summed E-state index contributed by atoms with van der Waals surface area (Å²) in [6, 6.07) is 37.7. The van der Waals surface area contributed by atoms with Gasteiger partial charge in [0.25, 0.3) is 0 Å². The van der Waals surface area contributed by atoms with Crippen LogP contribution < -0.4 is 21.8 Å². The minimum absolute atomic E-state index is 0.0400. The maximum Gasteiger partial charge on any atom is 0.247 e. The third kappa shape index (κ3) is 3.91. The number of hydrogen-bond donors (Lipinski definition) is 0. The van der Waals surface area contributed by atoms with E-state index in [2.05, 4.69) is 150 Å². The fourth-order valence-electron chi connectivity index (χ4n) is 9.13. The van der Waals surface area contributed by atoms with Crippen LogP contribution in [0.25, 0.3) is 49.7 Å². The van der Waals surface area contributed by atoms with Crippen molar-refractivity contribution >= 4 is 44.9 Å². The minimum atomic E-state index is -0.321. The highest BCUT2D eigenvalue weighted by Gasteiger charge is 2.43. The zero-order valence-corrected chi connectivity index (χ0v) is 28.7. The number of nitrogens with zero attached hydrogens (tertiary/aromatic N) is 1. The molecule has 2 nitrogen and oxygen atoms in total. The molecule has 48 heavy (non-hydrogen) atoms. The lowest BCUT2D eigenvalue weighted by atomic mass is 9.33. The predicted octanol–water partition coefficient (Wildman–Crippen LogP) is 8.49. The van der Waals surface area contributed by atoms with Gasteiger partial charge < -0.3 is 4.57 Å². The van der Waals surface area contributed by atoms with Gasteiger partial charge in [0.05, 0.1) is 11.0 Å². The summed E-state index contributed by atoms with van der Waals surface area (Å²) in [6.07, 6.45) is 0. The molecule has 232 valence electrons. The highest BCUT2D eigenvalue weighted by atomic mass is 16.1. The first-order chi connectivity index (χ1) is 23.0. The summed E-state index contributed by atoms with van der Waals surface area (Å²) >= 11 is 0. The van der Waals surface area contributed by atoms with Gasteiger partial charge in [0.2, 0.25) is 6.71 Å². The quantitative estimate of drug-likeness (QED) is 0.144. The Labute approximate surface area is 282 Å². The van der Waals surface area contributed by atoms with E-state index in [0.29, 0.717) is 0 Å². The monoisotopic (exact) mass is 619 g/mol. The lowest BCUT2D eigenvalue weighted by Gasteiger charge is -2.42. The summed E-state index contributed by atoms with van der Waals surface area (Å²) in [5.41, 5.74) is 20.5. The molecule has 0 saturated carbocycles. The van der Waals surface area contributed by atoms with Gasteiger partial charge in [-0.25, -0.2) is 0 Å². The average Bonchev–Trinajstić information content (AvgIpc) is 3.06. The second-order valence-corrected chi connectivity index (χ2v) is 14.9. The fourth-order valence-corrected chi connectivity index (χ4v) is 9.13. The second kappa shape index (κ2) is 9.94. The third-order valence-electron chi connectivity index (χ3n) is 11.2. The summed E-state index contributed by atoms with van der Waals surface area (Å²) in [6.45, 7) is 15.8. The Kier molecular flexibility index (Phi) is 6.01. The first-order valence-electron chi connectivity index (χ1n) is 17.1. The van der Waals surface area contributed by atoms with Crippen molar-refractivity contribution in [3.05, 3.63) is 152 Å². The number of benzene rings is 6. The number of pyridine rings is 1. The van der Waals surface area contributed by atoms with Crippen LogP contribution in [0.3, 0.4) is 0 Å². The van der Waals surface area contributed by atoms with Crippen molar-refractivity contribution in [2.24, 2.45) is 0 Å². The van der Waals surface area contributed by atoms with Gasteiger partial charge in [-0.1, -0.05) is 132 Å². The normalized spacial score (nSPS) is 13.9. The molecule has 0 radical (unpaired) electrons. The molecule has 3 heterocycles. The van der Waals surface area contributed by atoms with Gasteiger partial charge in [0, 0.05) is 21.9 Å².